The summed E-state index contributed by atoms with van der Waals surface area (Å²) in [4.78, 5) is 9.14. The SMILES string of the molecule is CCCn1nccc1-c1nccnc1[C@@H]1CCCN(S(=O)(=O)N(C)C)C1. The van der Waals surface area contributed by atoms with E-state index in [9.17, 15) is 8.42 Å². The Morgan fingerprint density at radius 1 is 1.23 bits per heavy atom. The highest BCUT2D eigenvalue weighted by Gasteiger charge is 2.33. The maximum Gasteiger partial charge on any atom is 0.281 e. The molecule has 0 N–H and O–H groups in total. The number of aromatic nitrogens is 4. The van der Waals surface area contributed by atoms with Gasteiger partial charge in [0.05, 0.1) is 11.4 Å². The van der Waals surface area contributed by atoms with Gasteiger partial charge in [-0.05, 0) is 25.3 Å². The molecule has 0 amide bonds. The summed E-state index contributed by atoms with van der Waals surface area (Å²) < 4.78 is 29.8. The van der Waals surface area contributed by atoms with Gasteiger partial charge in [-0.3, -0.25) is 14.6 Å². The van der Waals surface area contributed by atoms with Gasteiger partial charge in [-0.15, -0.1) is 0 Å². The van der Waals surface area contributed by atoms with Crippen LogP contribution < -0.4 is 0 Å². The first-order chi connectivity index (χ1) is 12.4. The van der Waals surface area contributed by atoms with Gasteiger partial charge in [0.1, 0.15) is 5.69 Å². The van der Waals surface area contributed by atoms with Crippen LogP contribution in [-0.2, 0) is 16.8 Å². The van der Waals surface area contributed by atoms with Gasteiger partial charge in [0.25, 0.3) is 10.2 Å². The van der Waals surface area contributed by atoms with Crippen LogP contribution in [0.5, 0.6) is 0 Å². The maximum absolute atomic E-state index is 12.5. The summed E-state index contributed by atoms with van der Waals surface area (Å²) in [5.41, 5.74) is 2.58. The summed E-state index contributed by atoms with van der Waals surface area (Å²) in [6.07, 6.45) is 7.81. The molecule has 1 aliphatic heterocycles. The number of hydrogen-bond acceptors (Lipinski definition) is 5. The molecule has 1 saturated heterocycles. The Morgan fingerprint density at radius 2 is 2.00 bits per heavy atom. The van der Waals surface area contributed by atoms with Gasteiger partial charge in [0, 0.05) is 58.2 Å². The molecule has 1 aliphatic rings. The van der Waals surface area contributed by atoms with Gasteiger partial charge in [-0.2, -0.15) is 22.1 Å². The lowest BCUT2D eigenvalue weighted by atomic mass is 9.93. The van der Waals surface area contributed by atoms with Gasteiger partial charge in [0.15, 0.2) is 0 Å². The van der Waals surface area contributed by atoms with Crippen molar-refractivity contribution in [3.05, 3.63) is 30.4 Å². The fourth-order valence-electron chi connectivity index (χ4n) is 3.37. The minimum atomic E-state index is -3.42. The Balaban J connectivity index is 1.94. The molecule has 26 heavy (non-hydrogen) atoms. The highest BCUT2D eigenvalue weighted by Crippen LogP contribution is 2.32. The Labute approximate surface area is 155 Å². The Morgan fingerprint density at radius 3 is 2.73 bits per heavy atom. The van der Waals surface area contributed by atoms with Crippen molar-refractivity contribution < 1.29 is 8.42 Å². The highest BCUT2D eigenvalue weighted by molar-refractivity contribution is 7.86. The molecule has 1 atom stereocenters. The molecule has 3 rings (SSSR count). The third kappa shape index (κ3) is 3.65. The summed E-state index contributed by atoms with van der Waals surface area (Å²) >= 11 is 0. The molecule has 0 aliphatic carbocycles. The second-order valence-corrected chi connectivity index (χ2v) is 8.86. The Kier molecular flexibility index (Phi) is 5.69. The smallest absolute Gasteiger partial charge is 0.263 e. The summed E-state index contributed by atoms with van der Waals surface area (Å²) in [5.74, 6) is 0.0205. The number of rotatable bonds is 6. The molecule has 0 bridgehead atoms. The summed E-state index contributed by atoms with van der Waals surface area (Å²) in [7, 11) is -0.292. The van der Waals surface area contributed by atoms with Gasteiger partial charge < -0.3 is 0 Å². The van der Waals surface area contributed by atoms with E-state index < -0.39 is 10.2 Å². The van der Waals surface area contributed by atoms with Crippen LogP contribution in [0.25, 0.3) is 11.4 Å². The van der Waals surface area contributed by atoms with Crippen LogP contribution in [-0.4, -0.2) is 64.0 Å². The molecule has 2 aromatic heterocycles. The van der Waals surface area contributed by atoms with Crippen molar-refractivity contribution in [2.45, 2.75) is 38.6 Å². The molecule has 142 valence electrons. The highest BCUT2D eigenvalue weighted by atomic mass is 32.2. The third-order valence-electron chi connectivity index (χ3n) is 4.68. The van der Waals surface area contributed by atoms with E-state index >= 15 is 0 Å². The molecule has 0 saturated carbocycles. The van der Waals surface area contributed by atoms with Crippen LogP contribution in [0.1, 0.15) is 37.8 Å². The van der Waals surface area contributed by atoms with E-state index in [1.807, 2.05) is 10.7 Å². The average Bonchev–Trinajstić information content (AvgIpc) is 3.10. The van der Waals surface area contributed by atoms with Gasteiger partial charge in [-0.1, -0.05) is 6.92 Å². The molecule has 2 aromatic rings. The van der Waals surface area contributed by atoms with Gasteiger partial charge in [-0.25, -0.2) is 0 Å². The lowest BCUT2D eigenvalue weighted by molar-refractivity contribution is 0.296. The monoisotopic (exact) mass is 378 g/mol. The molecule has 3 heterocycles. The summed E-state index contributed by atoms with van der Waals surface area (Å²) in [5, 5.41) is 4.38. The van der Waals surface area contributed by atoms with Crippen molar-refractivity contribution in [2.24, 2.45) is 0 Å². The van der Waals surface area contributed by atoms with E-state index in [4.69, 9.17) is 0 Å². The van der Waals surface area contributed by atoms with E-state index in [2.05, 4.69) is 22.0 Å². The lowest BCUT2D eigenvalue weighted by Gasteiger charge is -2.33. The molecule has 8 nitrogen and oxygen atoms in total. The maximum atomic E-state index is 12.5. The zero-order valence-electron chi connectivity index (χ0n) is 15.5. The number of piperidine rings is 1. The van der Waals surface area contributed by atoms with Crippen molar-refractivity contribution in [1.29, 1.82) is 0 Å². The Hall–Kier alpha value is -1.84. The number of nitrogens with zero attached hydrogens (tertiary/aromatic N) is 6. The van der Waals surface area contributed by atoms with Crippen LogP contribution in [0.15, 0.2) is 24.7 Å². The normalized spacial score (nSPS) is 19.2. The quantitative estimate of drug-likeness (QED) is 0.764. The fraction of sp³-hybridized carbons (Fsp3) is 0.588. The standard InChI is InChI=1S/C17H26N6O2S/c1-4-11-23-15(7-8-20-23)17-16(18-9-10-19-17)14-6-5-12-22(13-14)26(24,25)21(2)3/h7-10,14H,4-6,11-13H2,1-3H3/t14-/m1/s1. The van der Waals surface area contributed by atoms with Crippen molar-refractivity contribution in [3.8, 4) is 11.4 Å². The molecule has 0 spiro atoms. The van der Waals surface area contributed by atoms with Crippen LogP contribution >= 0.6 is 0 Å². The second-order valence-electron chi connectivity index (χ2n) is 6.72. The molecule has 0 radical (unpaired) electrons. The van der Waals surface area contributed by atoms with Crippen molar-refractivity contribution >= 4 is 10.2 Å². The lowest BCUT2D eigenvalue weighted by Crippen LogP contribution is -2.45. The van der Waals surface area contributed by atoms with Crippen LogP contribution in [0.3, 0.4) is 0 Å². The molecule has 9 heteroatoms. The second kappa shape index (κ2) is 7.81. The predicted molar refractivity (Wildman–Crippen MR) is 99.7 cm³/mol. The number of hydrogen-bond donors (Lipinski definition) is 0. The van der Waals surface area contributed by atoms with Gasteiger partial charge in [0.2, 0.25) is 0 Å². The largest absolute Gasteiger partial charge is 0.281 e. The first-order valence-electron chi connectivity index (χ1n) is 8.95. The molecule has 0 unspecified atom stereocenters. The third-order valence-corrected chi connectivity index (χ3v) is 6.59. The minimum absolute atomic E-state index is 0.0205. The van der Waals surface area contributed by atoms with Gasteiger partial charge >= 0.3 is 0 Å². The first kappa shape index (κ1) is 18.9. The van der Waals surface area contributed by atoms with Crippen LogP contribution in [0.4, 0.5) is 0 Å². The van der Waals surface area contributed by atoms with Crippen LogP contribution in [0, 0.1) is 0 Å². The molecule has 0 aromatic carbocycles. The summed E-state index contributed by atoms with van der Waals surface area (Å²) in [6.45, 7) is 3.88. The molecular weight excluding hydrogens is 352 g/mol. The van der Waals surface area contributed by atoms with E-state index in [1.165, 1.54) is 4.31 Å². The predicted octanol–water partition coefficient (Wildman–Crippen LogP) is 1.74. The first-order valence-corrected chi connectivity index (χ1v) is 10.4. The van der Waals surface area contributed by atoms with Crippen molar-refractivity contribution in [2.75, 3.05) is 27.2 Å². The average molecular weight is 379 g/mol. The molecular formula is C17H26N6O2S. The topological polar surface area (TPSA) is 84.2 Å². The van der Waals surface area contributed by atoms with Crippen molar-refractivity contribution in [1.82, 2.24) is 28.4 Å². The Bertz CT molecular complexity index is 848. The molecule has 1 fully saturated rings. The van der Waals surface area contributed by atoms with Crippen LogP contribution in [0.2, 0.25) is 0 Å². The zero-order valence-corrected chi connectivity index (χ0v) is 16.4. The van der Waals surface area contributed by atoms with E-state index in [-0.39, 0.29) is 5.92 Å². The zero-order chi connectivity index (χ0) is 18.7. The van der Waals surface area contributed by atoms with E-state index in [0.717, 1.165) is 42.9 Å². The summed E-state index contributed by atoms with van der Waals surface area (Å²) in [6, 6.07) is 1.94. The minimum Gasteiger partial charge on any atom is -0.263 e. The number of aryl methyl sites for hydroxylation is 1. The van der Waals surface area contributed by atoms with E-state index in [0.29, 0.717) is 13.1 Å². The van der Waals surface area contributed by atoms with E-state index in [1.54, 1.807) is 37.0 Å². The fourth-order valence-corrected chi connectivity index (χ4v) is 4.56. The van der Waals surface area contributed by atoms with Crippen molar-refractivity contribution in [3.63, 3.8) is 0 Å².